The van der Waals surface area contributed by atoms with Gasteiger partial charge in [-0.25, -0.2) is 4.68 Å². The second-order valence-electron chi connectivity index (χ2n) is 7.73. The Hall–Kier alpha value is -2.64. The molecule has 2 fully saturated rings. The number of rotatable bonds is 5. The van der Waals surface area contributed by atoms with Gasteiger partial charge in [-0.3, -0.25) is 4.79 Å². The van der Waals surface area contributed by atoms with Crippen molar-refractivity contribution in [3.05, 3.63) is 30.6 Å². The molecule has 150 valence electrons. The molecule has 0 radical (unpaired) electrons. The number of piperazine rings is 1. The molecule has 0 spiro atoms. The van der Waals surface area contributed by atoms with Gasteiger partial charge in [0.15, 0.2) is 0 Å². The van der Waals surface area contributed by atoms with Crippen molar-refractivity contribution in [3.8, 4) is 5.75 Å². The fourth-order valence-corrected chi connectivity index (χ4v) is 4.44. The lowest BCUT2D eigenvalue weighted by molar-refractivity contribution is -0.137. The molecule has 8 heteroatoms. The highest BCUT2D eigenvalue weighted by molar-refractivity contribution is 5.79. The number of carbonyl (C=O) groups excluding carboxylic acids is 1. The first kappa shape index (κ1) is 18.7. The molecule has 1 aromatic heterocycles. The molecule has 1 saturated carbocycles. The quantitative estimate of drug-likeness (QED) is 0.783. The number of amides is 1. The summed E-state index contributed by atoms with van der Waals surface area (Å²) in [6.45, 7) is 4.11. The van der Waals surface area contributed by atoms with Crippen LogP contribution in [0.2, 0.25) is 0 Å². The predicted octanol–water partition coefficient (Wildman–Crippen LogP) is 1.84. The Morgan fingerprint density at radius 2 is 1.86 bits per heavy atom. The average molecular weight is 384 g/mol. The Morgan fingerprint density at radius 1 is 1.11 bits per heavy atom. The molecule has 8 nitrogen and oxygen atoms in total. The van der Waals surface area contributed by atoms with Gasteiger partial charge in [-0.05, 0) is 54.2 Å². The van der Waals surface area contributed by atoms with Gasteiger partial charge in [0.25, 0.3) is 0 Å². The van der Waals surface area contributed by atoms with Crippen LogP contribution in [0.5, 0.6) is 5.75 Å². The molecular weight excluding hydrogens is 356 g/mol. The molecular formula is C20H28N6O2. The van der Waals surface area contributed by atoms with Crippen molar-refractivity contribution < 1.29 is 9.53 Å². The second-order valence-corrected chi connectivity index (χ2v) is 7.73. The zero-order chi connectivity index (χ0) is 19.3. The molecule has 1 aromatic carbocycles. The molecule has 0 atom stereocenters. The molecule has 28 heavy (non-hydrogen) atoms. The number of methoxy groups -OCH3 is 1. The van der Waals surface area contributed by atoms with Gasteiger partial charge in [-0.15, -0.1) is 5.10 Å². The first-order valence-corrected chi connectivity index (χ1v) is 10.1. The number of carbonyl (C=O) groups is 1. The number of para-hydroxylation sites is 2. The Morgan fingerprint density at radius 3 is 2.54 bits per heavy atom. The fourth-order valence-electron chi connectivity index (χ4n) is 4.44. The van der Waals surface area contributed by atoms with Gasteiger partial charge >= 0.3 is 0 Å². The van der Waals surface area contributed by atoms with Crippen molar-refractivity contribution in [2.24, 2.45) is 11.8 Å². The normalized spacial score (nSPS) is 22.9. The van der Waals surface area contributed by atoms with Crippen LogP contribution in [0.4, 0.5) is 5.69 Å². The lowest BCUT2D eigenvalue weighted by Gasteiger charge is -2.39. The Balaban J connectivity index is 1.26. The largest absolute Gasteiger partial charge is 0.495 e. The van der Waals surface area contributed by atoms with Crippen LogP contribution in [-0.4, -0.2) is 64.3 Å². The van der Waals surface area contributed by atoms with Crippen molar-refractivity contribution >= 4 is 11.6 Å². The van der Waals surface area contributed by atoms with E-state index in [1.807, 2.05) is 18.2 Å². The maximum absolute atomic E-state index is 13.0. The van der Waals surface area contributed by atoms with E-state index in [2.05, 4.69) is 31.4 Å². The fraction of sp³-hybridized carbons (Fsp3) is 0.600. The van der Waals surface area contributed by atoms with E-state index in [1.165, 1.54) is 0 Å². The maximum atomic E-state index is 13.0. The summed E-state index contributed by atoms with van der Waals surface area (Å²) in [5, 5.41) is 11.3. The smallest absolute Gasteiger partial charge is 0.225 e. The van der Waals surface area contributed by atoms with Crippen molar-refractivity contribution in [2.75, 3.05) is 38.2 Å². The summed E-state index contributed by atoms with van der Waals surface area (Å²) in [5.41, 5.74) is 1.11. The third-order valence-electron chi connectivity index (χ3n) is 6.05. The number of benzene rings is 1. The first-order chi connectivity index (χ1) is 13.7. The summed E-state index contributed by atoms with van der Waals surface area (Å²) in [5.74, 6) is 1.96. The molecule has 1 aliphatic heterocycles. The lowest BCUT2D eigenvalue weighted by atomic mass is 9.81. The SMILES string of the molecule is COc1ccccc1N1CCN(C(=O)C2CCC(Cn3cnnn3)CC2)CC1. The summed E-state index contributed by atoms with van der Waals surface area (Å²) in [6.07, 6.45) is 5.74. The molecule has 0 unspecified atom stereocenters. The first-order valence-electron chi connectivity index (χ1n) is 10.1. The maximum Gasteiger partial charge on any atom is 0.225 e. The molecule has 0 bridgehead atoms. The van der Waals surface area contributed by atoms with E-state index in [1.54, 1.807) is 18.1 Å². The Bertz CT molecular complexity index is 765. The molecule has 4 rings (SSSR count). The van der Waals surface area contributed by atoms with E-state index in [0.717, 1.165) is 69.8 Å². The van der Waals surface area contributed by atoms with Crippen LogP contribution in [0.15, 0.2) is 30.6 Å². The van der Waals surface area contributed by atoms with Crippen LogP contribution in [0.25, 0.3) is 0 Å². The summed E-state index contributed by atoms with van der Waals surface area (Å²) in [6, 6.07) is 8.09. The highest BCUT2D eigenvalue weighted by Crippen LogP contribution is 2.32. The van der Waals surface area contributed by atoms with Crippen LogP contribution in [0.1, 0.15) is 25.7 Å². The van der Waals surface area contributed by atoms with Gasteiger partial charge in [-0.2, -0.15) is 0 Å². The van der Waals surface area contributed by atoms with Crippen molar-refractivity contribution in [3.63, 3.8) is 0 Å². The van der Waals surface area contributed by atoms with Crippen LogP contribution < -0.4 is 9.64 Å². The predicted molar refractivity (Wildman–Crippen MR) is 105 cm³/mol. The summed E-state index contributed by atoms with van der Waals surface area (Å²) in [7, 11) is 1.70. The van der Waals surface area contributed by atoms with Crippen LogP contribution in [0.3, 0.4) is 0 Å². The summed E-state index contributed by atoms with van der Waals surface area (Å²) in [4.78, 5) is 17.4. The molecule has 2 aliphatic rings. The highest BCUT2D eigenvalue weighted by atomic mass is 16.5. The standard InChI is InChI=1S/C20H28N6O2/c1-28-19-5-3-2-4-18(19)24-10-12-25(13-11-24)20(27)17-8-6-16(7-9-17)14-26-15-21-22-23-26/h2-5,15-17H,6-14H2,1H3. The Kier molecular flexibility index (Phi) is 5.73. The van der Waals surface area contributed by atoms with E-state index in [0.29, 0.717) is 11.8 Å². The zero-order valence-electron chi connectivity index (χ0n) is 16.4. The van der Waals surface area contributed by atoms with Crippen molar-refractivity contribution in [2.45, 2.75) is 32.2 Å². The summed E-state index contributed by atoms with van der Waals surface area (Å²) >= 11 is 0. The van der Waals surface area contributed by atoms with Crippen LogP contribution >= 0.6 is 0 Å². The molecule has 1 saturated heterocycles. The summed E-state index contributed by atoms with van der Waals surface area (Å²) < 4.78 is 7.27. The zero-order valence-corrected chi connectivity index (χ0v) is 16.4. The number of anilines is 1. The number of nitrogens with zero attached hydrogens (tertiary/aromatic N) is 6. The molecule has 2 aromatic rings. The minimum Gasteiger partial charge on any atom is -0.495 e. The van der Waals surface area contributed by atoms with Gasteiger partial charge in [0.2, 0.25) is 5.91 Å². The third kappa shape index (κ3) is 4.10. The van der Waals surface area contributed by atoms with Gasteiger partial charge in [-0.1, -0.05) is 12.1 Å². The van der Waals surface area contributed by atoms with E-state index >= 15 is 0 Å². The van der Waals surface area contributed by atoms with Gasteiger partial charge in [0, 0.05) is 38.6 Å². The van der Waals surface area contributed by atoms with Gasteiger partial charge in [0.05, 0.1) is 12.8 Å². The van der Waals surface area contributed by atoms with Crippen molar-refractivity contribution in [1.82, 2.24) is 25.1 Å². The van der Waals surface area contributed by atoms with Gasteiger partial charge in [0.1, 0.15) is 12.1 Å². The second kappa shape index (κ2) is 8.58. The van der Waals surface area contributed by atoms with E-state index in [4.69, 9.17) is 4.74 Å². The van der Waals surface area contributed by atoms with Crippen LogP contribution in [0, 0.1) is 11.8 Å². The topological polar surface area (TPSA) is 76.4 Å². The van der Waals surface area contributed by atoms with Gasteiger partial charge < -0.3 is 14.5 Å². The number of hydrogen-bond acceptors (Lipinski definition) is 6. The monoisotopic (exact) mass is 384 g/mol. The molecule has 2 heterocycles. The van der Waals surface area contributed by atoms with E-state index < -0.39 is 0 Å². The number of ether oxygens (including phenoxy) is 1. The molecule has 0 N–H and O–H groups in total. The third-order valence-corrected chi connectivity index (χ3v) is 6.05. The van der Waals surface area contributed by atoms with E-state index in [-0.39, 0.29) is 5.92 Å². The van der Waals surface area contributed by atoms with Crippen molar-refractivity contribution in [1.29, 1.82) is 0 Å². The highest BCUT2D eigenvalue weighted by Gasteiger charge is 2.31. The average Bonchev–Trinajstić information content (AvgIpc) is 3.27. The lowest BCUT2D eigenvalue weighted by Crippen LogP contribution is -2.50. The number of tetrazole rings is 1. The van der Waals surface area contributed by atoms with E-state index in [9.17, 15) is 4.79 Å². The minimum absolute atomic E-state index is 0.169. The van der Waals surface area contributed by atoms with Crippen LogP contribution in [-0.2, 0) is 11.3 Å². The minimum atomic E-state index is 0.169. The molecule has 1 aliphatic carbocycles. The Labute approximate surface area is 165 Å². The number of hydrogen-bond donors (Lipinski definition) is 0. The number of aromatic nitrogens is 4. The molecule has 1 amide bonds.